The van der Waals surface area contributed by atoms with Crippen molar-refractivity contribution in [3.8, 4) is 0 Å². The zero-order valence-corrected chi connectivity index (χ0v) is 12.2. The van der Waals surface area contributed by atoms with Crippen molar-refractivity contribution >= 4 is 34.8 Å². The molecule has 1 saturated carbocycles. The van der Waals surface area contributed by atoms with Crippen LogP contribution in [0, 0.1) is 0 Å². The van der Waals surface area contributed by atoms with Gasteiger partial charge in [0, 0.05) is 15.7 Å². The number of nitrogens with one attached hydrogen (secondary N) is 1. The van der Waals surface area contributed by atoms with Gasteiger partial charge < -0.3 is 5.32 Å². The van der Waals surface area contributed by atoms with Gasteiger partial charge in [0.1, 0.15) is 0 Å². The molecule has 0 aliphatic heterocycles. The van der Waals surface area contributed by atoms with E-state index in [-0.39, 0.29) is 5.91 Å². The number of amides is 1. The van der Waals surface area contributed by atoms with Crippen molar-refractivity contribution in [1.82, 2.24) is 0 Å². The fourth-order valence-electron chi connectivity index (χ4n) is 2.38. The smallest absolute Gasteiger partial charge is 0.235 e. The SMILES string of the molecule is O=C(Nc1ccc(Cl)cc1)C1(c2ccccc2Cl)CC1. The molecule has 102 valence electrons. The highest BCUT2D eigenvalue weighted by Gasteiger charge is 2.52. The Morgan fingerprint density at radius 2 is 1.65 bits per heavy atom. The predicted molar refractivity (Wildman–Crippen MR) is 82.4 cm³/mol. The molecular weight excluding hydrogens is 293 g/mol. The molecular formula is C16H13Cl2NO. The number of hydrogen-bond donors (Lipinski definition) is 1. The zero-order valence-electron chi connectivity index (χ0n) is 10.7. The third-order valence-electron chi connectivity index (χ3n) is 3.68. The minimum absolute atomic E-state index is 0.00655. The standard InChI is InChI=1S/C16H13Cl2NO/c17-11-5-7-12(8-6-11)19-15(20)16(9-10-16)13-3-1-2-4-14(13)18/h1-8H,9-10H2,(H,19,20). The largest absolute Gasteiger partial charge is 0.325 e. The molecule has 1 aliphatic carbocycles. The average Bonchev–Trinajstić information content (AvgIpc) is 3.23. The summed E-state index contributed by atoms with van der Waals surface area (Å²) >= 11 is 12.1. The second-order valence-electron chi connectivity index (χ2n) is 5.02. The third-order valence-corrected chi connectivity index (χ3v) is 4.26. The Morgan fingerprint density at radius 1 is 1.00 bits per heavy atom. The topological polar surface area (TPSA) is 29.1 Å². The molecule has 0 bridgehead atoms. The Kier molecular flexibility index (Phi) is 3.45. The van der Waals surface area contributed by atoms with Crippen LogP contribution in [0.15, 0.2) is 48.5 Å². The summed E-state index contributed by atoms with van der Waals surface area (Å²) in [5.41, 5.74) is 1.18. The van der Waals surface area contributed by atoms with Crippen LogP contribution in [0.3, 0.4) is 0 Å². The van der Waals surface area contributed by atoms with Crippen molar-refractivity contribution in [3.63, 3.8) is 0 Å². The van der Waals surface area contributed by atoms with Crippen LogP contribution in [0.4, 0.5) is 5.69 Å². The van der Waals surface area contributed by atoms with E-state index in [2.05, 4.69) is 5.32 Å². The molecule has 0 radical (unpaired) electrons. The third kappa shape index (κ3) is 2.41. The van der Waals surface area contributed by atoms with Crippen molar-refractivity contribution in [1.29, 1.82) is 0 Å². The lowest BCUT2D eigenvalue weighted by molar-refractivity contribution is -0.118. The number of hydrogen-bond acceptors (Lipinski definition) is 1. The lowest BCUT2D eigenvalue weighted by atomic mass is 9.95. The minimum Gasteiger partial charge on any atom is -0.325 e. The molecule has 0 atom stereocenters. The van der Waals surface area contributed by atoms with Gasteiger partial charge in [0.15, 0.2) is 0 Å². The molecule has 2 nitrogen and oxygen atoms in total. The van der Waals surface area contributed by atoms with Crippen LogP contribution in [0.2, 0.25) is 10.0 Å². The molecule has 0 saturated heterocycles. The highest BCUT2D eigenvalue weighted by Crippen LogP contribution is 2.51. The van der Waals surface area contributed by atoms with Crippen LogP contribution in [-0.2, 0) is 10.2 Å². The molecule has 0 unspecified atom stereocenters. The van der Waals surface area contributed by atoms with E-state index in [0.717, 1.165) is 24.1 Å². The monoisotopic (exact) mass is 305 g/mol. The first-order valence-corrected chi connectivity index (χ1v) is 7.19. The van der Waals surface area contributed by atoms with E-state index < -0.39 is 5.41 Å². The number of rotatable bonds is 3. The fourth-order valence-corrected chi connectivity index (χ4v) is 2.82. The van der Waals surface area contributed by atoms with Gasteiger partial charge in [-0.15, -0.1) is 0 Å². The van der Waals surface area contributed by atoms with E-state index in [4.69, 9.17) is 23.2 Å². The number of halogens is 2. The number of benzene rings is 2. The Bertz CT molecular complexity index is 648. The highest BCUT2D eigenvalue weighted by molar-refractivity contribution is 6.32. The van der Waals surface area contributed by atoms with Crippen molar-refractivity contribution < 1.29 is 4.79 Å². The molecule has 1 aliphatic rings. The predicted octanol–water partition coefficient (Wildman–Crippen LogP) is 4.66. The molecule has 0 aromatic heterocycles. The summed E-state index contributed by atoms with van der Waals surface area (Å²) in [6.07, 6.45) is 1.66. The summed E-state index contributed by atoms with van der Waals surface area (Å²) < 4.78 is 0. The number of anilines is 1. The maximum atomic E-state index is 12.5. The number of carbonyl (C=O) groups is 1. The van der Waals surface area contributed by atoms with Gasteiger partial charge in [-0.25, -0.2) is 0 Å². The first-order valence-electron chi connectivity index (χ1n) is 6.44. The number of carbonyl (C=O) groups excluding carboxylic acids is 1. The summed E-state index contributed by atoms with van der Waals surface area (Å²) in [4.78, 5) is 12.5. The Hall–Kier alpha value is -1.51. The average molecular weight is 306 g/mol. The van der Waals surface area contributed by atoms with Crippen LogP contribution in [0.1, 0.15) is 18.4 Å². The zero-order chi connectivity index (χ0) is 14.2. The van der Waals surface area contributed by atoms with Crippen molar-refractivity contribution in [2.24, 2.45) is 0 Å². The normalized spacial score (nSPS) is 15.7. The Labute approximate surface area is 127 Å². The van der Waals surface area contributed by atoms with E-state index in [1.165, 1.54) is 0 Å². The van der Waals surface area contributed by atoms with E-state index in [9.17, 15) is 4.79 Å². The van der Waals surface area contributed by atoms with Gasteiger partial charge in [0.05, 0.1) is 5.41 Å². The molecule has 0 spiro atoms. The van der Waals surface area contributed by atoms with Crippen LogP contribution < -0.4 is 5.32 Å². The first-order chi connectivity index (χ1) is 9.62. The van der Waals surface area contributed by atoms with Gasteiger partial charge in [0.25, 0.3) is 0 Å². The highest BCUT2D eigenvalue weighted by atomic mass is 35.5. The second-order valence-corrected chi connectivity index (χ2v) is 5.87. The van der Waals surface area contributed by atoms with Gasteiger partial charge in [-0.2, -0.15) is 0 Å². The molecule has 1 amide bonds. The van der Waals surface area contributed by atoms with E-state index in [1.807, 2.05) is 24.3 Å². The van der Waals surface area contributed by atoms with E-state index in [1.54, 1.807) is 24.3 Å². The summed E-state index contributed by atoms with van der Waals surface area (Å²) in [5.74, 6) is -0.00655. The van der Waals surface area contributed by atoms with Gasteiger partial charge in [-0.05, 0) is 48.7 Å². The first kappa shape index (κ1) is 13.5. The lowest BCUT2D eigenvalue weighted by Gasteiger charge is -2.17. The molecule has 1 fully saturated rings. The molecule has 2 aromatic rings. The van der Waals surface area contributed by atoms with E-state index in [0.29, 0.717) is 10.0 Å². The summed E-state index contributed by atoms with van der Waals surface area (Å²) in [5, 5.41) is 4.24. The molecule has 20 heavy (non-hydrogen) atoms. The Balaban J connectivity index is 1.84. The molecule has 1 N–H and O–H groups in total. The molecule has 0 heterocycles. The summed E-state index contributed by atoms with van der Waals surface area (Å²) in [6.45, 7) is 0. The van der Waals surface area contributed by atoms with Crippen LogP contribution in [0.5, 0.6) is 0 Å². The molecule has 3 rings (SSSR count). The quantitative estimate of drug-likeness (QED) is 0.877. The summed E-state index contributed by atoms with van der Waals surface area (Å²) in [7, 11) is 0. The van der Waals surface area contributed by atoms with Gasteiger partial charge in [-0.1, -0.05) is 41.4 Å². The van der Waals surface area contributed by atoms with E-state index >= 15 is 0 Å². The maximum Gasteiger partial charge on any atom is 0.235 e. The van der Waals surface area contributed by atoms with Crippen LogP contribution in [0.25, 0.3) is 0 Å². The Morgan fingerprint density at radius 3 is 2.25 bits per heavy atom. The second kappa shape index (κ2) is 5.12. The van der Waals surface area contributed by atoms with Crippen molar-refractivity contribution in [2.75, 3.05) is 5.32 Å². The van der Waals surface area contributed by atoms with Crippen molar-refractivity contribution in [3.05, 3.63) is 64.1 Å². The molecule has 4 heteroatoms. The molecule has 2 aromatic carbocycles. The van der Waals surface area contributed by atoms with Gasteiger partial charge >= 0.3 is 0 Å². The van der Waals surface area contributed by atoms with Crippen molar-refractivity contribution in [2.45, 2.75) is 18.3 Å². The maximum absolute atomic E-state index is 12.5. The van der Waals surface area contributed by atoms with Gasteiger partial charge in [0.2, 0.25) is 5.91 Å². The summed E-state index contributed by atoms with van der Waals surface area (Å²) in [6, 6.07) is 14.6. The fraction of sp³-hybridized carbons (Fsp3) is 0.188. The van der Waals surface area contributed by atoms with Crippen LogP contribution >= 0.6 is 23.2 Å². The minimum atomic E-state index is -0.474. The van der Waals surface area contributed by atoms with Gasteiger partial charge in [-0.3, -0.25) is 4.79 Å². The van der Waals surface area contributed by atoms with Crippen LogP contribution in [-0.4, -0.2) is 5.91 Å². The lowest BCUT2D eigenvalue weighted by Crippen LogP contribution is -2.28.